The minimum Gasteiger partial charge on any atom is -0.444 e. The zero-order valence-electron chi connectivity index (χ0n) is 21.8. The summed E-state index contributed by atoms with van der Waals surface area (Å²) in [4.78, 5) is 33.4. The highest BCUT2D eigenvalue weighted by atomic mass is 79.9. The van der Waals surface area contributed by atoms with Gasteiger partial charge in [-0.3, -0.25) is 4.79 Å². The van der Waals surface area contributed by atoms with E-state index in [1.807, 2.05) is 45.9 Å². The van der Waals surface area contributed by atoms with Gasteiger partial charge < -0.3 is 19.0 Å². The van der Waals surface area contributed by atoms with Gasteiger partial charge in [0.05, 0.1) is 15.7 Å². The van der Waals surface area contributed by atoms with Gasteiger partial charge in [0.25, 0.3) is 5.91 Å². The topological polar surface area (TPSA) is 117 Å². The summed E-state index contributed by atoms with van der Waals surface area (Å²) in [6.45, 7) is 8.44. The van der Waals surface area contributed by atoms with Gasteiger partial charge in [-0.2, -0.15) is 10.4 Å². The van der Waals surface area contributed by atoms with Gasteiger partial charge in [-0.15, -0.1) is 0 Å². The van der Waals surface area contributed by atoms with E-state index in [-0.39, 0.29) is 29.6 Å². The van der Waals surface area contributed by atoms with Crippen molar-refractivity contribution in [1.82, 2.24) is 24.6 Å². The number of carbonyl (C=O) groups excluding carboxylic acids is 2. The molecule has 2 aliphatic rings. The van der Waals surface area contributed by atoms with Crippen LogP contribution in [0.4, 0.5) is 4.79 Å². The SMILES string of the molecule is C[C@H]1CN(C(=O)c2coc(-c3nn(-c4ccc(C5CC5)cc4C#N)cc3Br)n2)CCN1C(=O)OC(C)(C)C. The number of nitriles is 1. The summed E-state index contributed by atoms with van der Waals surface area (Å²) in [5.74, 6) is 0.448. The summed E-state index contributed by atoms with van der Waals surface area (Å²) in [5.41, 5.74) is 2.36. The van der Waals surface area contributed by atoms with Crippen LogP contribution in [0.3, 0.4) is 0 Å². The second kappa shape index (κ2) is 9.91. The maximum absolute atomic E-state index is 13.2. The van der Waals surface area contributed by atoms with Crippen molar-refractivity contribution >= 4 is 27.9 Å². The molecule has 1 aromatic carbocycles. The van der Waals surface area contributed by atoms with Gasteiger partial charge in [-0.25, -0.2) is 14.5 Å². The van der Waals surface area contributed by atoms with E-state index in [4.69, 9.17) is 9.15 Å². The van der Waals surface area contributed by atoms with Gasteiger partial charge in [0.2, 0.25) is 5.89 Å². The van der Waals surface area contributed by atoms with Gasteiger partial charge >= 0.3 is 6.09 Å². The van der Waals surface area contributed by atoms with Crippen LogP contribution in [0.5, 0.6) is 0 Å². The van der Waals surface area contributed by atoms with Crippen molar-refractivity contribution in [2.75, 3.05) is 19.6 Å². The number of hydrogen-bond donors (Lipinski definition) is 0. The van der Waals surface area contributed by atoms with Crippen LogP contribution in [0, 0.1) is 11.3 Å². The highest BCUT2D eigenvalue weighted by molar-refractivity contribution is 9.10. The molecule has 2 fully saturated rings. The lowest BCUT2D eigenvalue weighted by Crippen LogP contribution is -2.56. The maximum Gasteiger partial charge on any atom is 0.410 e. The van der Waals surface area contributed by atoms with E-state index in [0.29, 0.717) is 47.0 Å². The normalized spacial score (nSPS) is 17.8. The number of rotatable bonds is 4. The molecule has 1 saturated carbocycles. The molecule has 2 aromatic heterocycles. The molecule has 11 heteroatoms. The average molecular weight is 581 g/mol. The number of hydrogen-bond acceptors (Lipinski definition) is 7. The van der Waals surface area contributed by atoms with E-state index in [1.54, 1.807) is 20.7 Å². The molecular weight excluding hydrogens is 552 g/mol. The second-order valence-corrected chi connectivity index (χ2v) is 11.6. The van der Waals surface area contributed by atoms with Gasteiger partial charge in [0.1, 0.15) is 17.9 Å². The molecule has 5 rings (SSSR count). The van der Waals surface area contributed by atoms with E-state index < -0.39 is 5.60 Å². The highest BCUT2D eigenvalue weighted by Gasteiger charge is 2.34. The van der Waals surface area contributed by atoms with Crippen LogP contribution in [0.15, 0.2) is 39.5 Å². The van der Waals surface area contributed by atoms with Crippen molar-refractivity contribution in [3.63, 3.8) is 0 Å². The van der Waals surface area contributed by atoms with Crippen molar-refractivity contribution in [3.8, 4) is 23.3 Å². The third kappa shape index (κ3) is 5.31. The van der Waals surface area contributed by atoms with Gasteiger partial charge in [0.15, 0.2) is 11.4 Å². The van der Waals surface area contributed by atoms with Crippen LogP contribution in [0.25, 0.3) is 17.3 Å². The number of ether oxygens (including phenoxy) is 1. The first-order valence-corrected chi connectivity index (χ1v) is 13.4. The summed E-state index contributed by atoms with van der Waals surface area (Å²) in [7, 11) is 0. The van der Waals surface area contributed by atoms with Crippen LogP contribution in [-0.4, -0.2) is 67.8 Å². The molecule has 10 nitrogen and oxygen atoms in total. The van der Waals surface area contributed by atoms with Crippen molar-refractivity contribution in [2.45, 2.75) is 58.1 Å². The Kier molecular flexibility index (Phi) is 6.77. The molecule has 1 aliphatic heterocycles. The molecule has 0 bridgehead atoms. The fourth-order valence-corrected chi connectivity index (χ4v) is 4.95. The lowest BCUT2D eigenvalue weighted by atomic mass is 10.1. The van der Waals surface area contributed by atoms with Crippen molar-refractivity contribution in [3.05, 3.63) is 52.0 Å². The van der Waals surface area contributed by atoms with E-state index in [0.717, 1.165) is 12.8 Å². The van der Waals surface area contributed by atoms with E-state index in [2.05, 4.69) is 32.1 Å². The van der Waals surface area contributed by atoms with Crippen LogP contribution >= 0.6 is 15.9 Å². The zero-order valence-corrected chi connectivity index (χ0v) is 23.4. The molecular formula is C27H29BrN6O4. The molecule has 0 spiro atoms. The number of nitrogens with zero attached hydrogens (tertiary/aromatic N) is 6. The Hall–Kier alpha value is -3.65. The number of piperazine rings is 1. The van der Waals surface area contributed by atoms with Gasteiger partial charge in [-0.05, 0) is 80.1 Å². The van der Waals surface area contributed by atoms with E-state index in [1.165, 1.54) is 11.8 Å². The number of amides is 2. The maximum atomic E-state index is 13.2. The molecule has 2 amide bonds. The Morgan fingerprint density at radius 1 is 1.24 bits per heavy atom. The number of benzene rings is 1. The number of carbonyl (C=O) groups is 2. The van der Waals surface area contributed by atoms with Gasteiger partial charge in [0, 0.05) is 31.9 Å². The Morgan fingerprint density at radius 2 is 2.00 bits per heavy atom. The zero-order chi connectivity index (χ0) is 27.2. The van der Waals surface area contributed by atoms with E-state index in [9.17, 15) is 14.9 Å². The molecule has 3 heterocycles. The summed E-state index contributed by atoms with van der Waals surface area (Å²) in [5, 5.41) is 14.3. The fourth-order valence-electron chi connectivity index (χ4n) is 4.51. The molecule has 38 heavy (non-hydrogen) atoms. The van der Waals surface area contributed by atoms with Crippen LogP contribution in [0.1, 0.15) is 68.1 Å². The molecule has 1 atom stereocenters. The first kappa shape index (κ1) is 26.0. The molecule has 0 N–H and O–H groups in total. The Balaban J connectivity index is 1.30. The van der Waals surface area contributed by atoms with Crippen molar-refractivity contribution < 1.29 is 18.7 Å². The lowest BCUT2D eigenvalue weighted by molar-refractivity contribution is 0.00189. The fraction of sp³-hybridized carbons (Fsp3) is 0.444. The van der Waals surface area contributed by atoms with Crippen LogP contribution in [0.2, 0.25) is 0 Å². The summed E-state index contributed by atoms with van der Waals surface area (Å²) in [6.07, 6.45) is 4.99. The highest BCUT2D eigenvalue weighted by Crippen LogP contribution is 2.41. The summed E-state index contributed by atoms with van der Waals surface area (Å²) in [6, 6.07) is 7.92. The standard InChI is InChI=1S/C27H29BrN6O4/c1-16-13-32(9-10-33(16)26(36)38-27(2,3)4)25(35)21-15-37-24(30-21)23-20(28)14-34(31-23)22-8-7-18(17-5-6-17)11-19(22)12-29/h7-8,11,14-17H,5-6,9-10,13H2,1-4H3/t16-/m0/s1. The van der Waals surface area contributed by atoms with Gasteiger partial charge in [-0.1, -0.05) is 6.07 Å². The largest absolute Gasteiger partial charge is 0.444 e. The molecule has 3 aromatic rings. The molecule has 198 valence electrons. The monoisotopic (exact) mass is 580 g/mol. The quantitative estimate of drug-likeness (QED) is 0.420. The Bertz CT molecular complexity index is 1430. The second-order valence-electron chi connectivity index (χ2n) is 10.7. The summed E-state index contributed by atoms with van der Waals surface area (Å²) >= 11 is 3.51. The Morgan fingerprint density at radius 3 is 2.66 bits per heavy atom. The first-order valence-electron chi connectivity index (χ1n) is 12.6. The smallest absolute Gasteiger partial charge is 0.410 e. The average Bonchev–Trinajstić information content (AvgIpc) is 3.48. The third-order valence-corrected chi connectivity index (χ3v) is 7.16. The molecule has 0 unspecified atom stereocenters. The molecule has 1 aliphatic carbocycles. The number of oxazole rings is 1. The lowest BCUT2D eigenvalue weighted by Gasteiger charge is -2.39. The third-order valence-electron chi connectivity index (χ3n) is 6.57. The number of halogens is 1. The van der Waals surface area contributed by atoms with Crippen LogP contribution in [-0.2, 0) is 4.74 Å². The predicted octanol–water partition coefficient (Wildman–Crippen LogP) is 5.12. The van der Waals surface area contributed by atoms with Crippen molar-refractivity contribution in [2.24, 2.45) is 0 Å². The number of aromatic nitrogens is 3. The minimum absolute atomic E-state index is 0.158. The first-order chi connectivity index (χ1) is 18.0. The van der Waals surface area contributed by atoms with Crippen molar-refractivity contribution in [1.29, 1.82) is 5.26 Å². The minimum atomic E-state index is -0.585. The van der Waals surface area contributed by atoms with Crippen LogP contribution < -0.4 is 0 Å². The molecule has 1 saturated heterocycles. The summed E-state index contributed by atoms with van der Waals surface area (Å²) < 4.78 is 13.3. The molecule has 0 radical (unpaired) electrons. The Labute approximate surface area is 229 Å². The van der Waals surface area contributed by atoms with E-state index >= 15 is 0 Å². The predicted molar refractivity (Wildman–Crippen MR) is 142 cm³/mol.